The molecule has 0 aromatic heterocycles. The van der Waals surface area contributed by atoms with E-state index in [4.69, 9.17) is 0 Å². The molecule has 2 saturated carbocycles. The molecule has 62 valence electrons. The molecule has 2 aliphatic carbocycles. The Hall–Kier alpha value is -0.530. The summed E-state index contributed by atoms with van der Waals surface area (Å²) in [6.45, 7) is 0. The zero-order chi connectivity index (χ0) is 7.90. The van der Waals surface area contributed by atoms with Crippen molar-refractivity contribution in [1.29, 1.82) is 0 Å². The lowest BCUT2D eigenvalue weighted by atomic mass is 9.52. The maximum Gasteiger partial charge on any atom is 0.308 e. The van der Waals surface area contributed by atoms with Gasteiger partial charge in [0, 0.05) is 0 Å². The van der Waals surface area contributed by atoms with Crippen LogP contribution in [-0.4, -0.2) is 13.1 Å². The van der Waals surface area contributed by atoms with Gasteiger partial charge in [0.05, 0.1) is 13.0 Å². The molecule has 2 fully saturated rings. The van der Waals surface area contributed by atoms with E-state index in [0.29, 0.717) is 5.41 Å². The van der Waals surface area contributed by atoms with E-state index in [9.17, 15) is 4.79 Å². The lowest BCUT2D eigenvalue weighted by molar-refractivity contribution is -0.158. The fourth-order valence-electron chi connectivity index (χ4n) is 2.40. The number of hydrogen-bond acceptors (Lipinski definition) is 2. The first-order chi connectivity index (χ1) is 5.26. The van der Waals surface area contributed by atoms with Crippen LogP contribution in [0.25, 0.3) is 0 Å². The molecule has 0 N–H and O–H groups in total. The Kier molecular flexibility index (Phi) is 1.44. The quantitative estimate of drug-likeness (QED) is 0.538. The topological polar surface area (TPSA) is 26.3 Å². The average molecular weight is 154 g/mol. The van der Waals surface area contributed by atoms with E-state index in [1.165, 1.54) is 26.4 Å². The van der Waals surface area contributed by atoms with Crippen LogP contribution in [0.3, 0.4) is 0 Å². The fourth-order valence-corrected chi connectivity index (χ4v) is 2.40. The highest BCUT2D eigenvalue weighted by atomic mass is 16.5. The van der Waals surface area contributed by atoms with Crippen molar-refractivity contribution in [3.05, 3.63) is 0 Å². The predicted octanol–water partition coefficient (Wildman–Crippen LogP) is 1.74. The van der Waals surface area contributed by atoms with Crippen LogP contribution in [0.4, 0.5) is 0 Å². The van der Waals surface area contributed by atoms with Gasteiger partial charge in [0.25, 0.3) is 0 Å². The van der Waals surface area contributed by atoms with E-state index < -0.39 is 0 Å². The average Bonchev–Trinajstić information content (AvgIpc) is 1.81. The minimum Gasteiger partial charge on any atom is -0.469 e. The highest BCUT2D eigenvalue weighted by Crippen LogP contribution is 2.58. The van der Waals surface area contributed by atoms with Gasteiger partial charge in [-0.15, -0.1) is 0 Å². The number of carbonyl (C=O) groups excluding carboxylic acids is 1. The second kappa shape index (κ2) is 2.23. The van der Waals surface area contributed by atoms with Gasteiger partial charge in [-0.1, -0.05) is 6.42 Å². The van der Waals surface area contributed by atoms with Crippen molar-refractivity contribution in [2.45, 2.75) is 32.1 Å². The number of methoxy groups -OCH3 is 1. The summed E-state index contributed by atoms with van der Waals surface area (Å²) in [5.74, 6) is 0.239. The zero-order valence-corrected chi connectivity index (χ0v) is 6.93. The molecule has 11 heavy (non-hydrogen) atoms. The first-order valence-electron chi connectivity index (χ1n) is 4.34. The summed E-state index contributed by atoms with van der Waals surface area (Å²) in [4.78, 5) is 11.0. The summed E-state index contributed by atoms with van der Waals surface area (Å²) in [6, 6.07) is 0. The standard InChI is InChI=1S/C9H14O2/c1-11-8(10)7-5-9(6-7)3-2-4-9/h7H,2-6H2,1H3. The normalized spacial score (nSPS) is 27.4. The Bertz CT molecular complexity index is 174. The Morgan fingerprint density at radius 3 is 2.45 bits per heavy atom. The third kappa shape index (κ3) is 0.959. The minimum atomic E-state index is 0.00234. The van der Waals surface area contributed by atoms with Crippen LogP contribution in [0, 0.1) is 11.3 Å². The number of ether oxygens (including phenoxy) is 1. The molecule has 1 spiro atoms. The van der Waals surface area contributed by atoms with Gasteiger partial charge in [-0.25, -0.2) is 0 Å². The summed E-state index contributed by atoms with van der Waals surface area (Å²) in [7, 11) is 1.48. The van der Waals surface area contributed by atoms with Gasteiger partial charge < -0.3 is 4.74 Å². The summed E-state index contributed by atoms with van der Waals surface area (Å²) < 4.78 is 4.68. The number of esters is 1. The van der Waals surface area contributed by atoms with Gasteiger partial charge in [0.1, 0.15) is 0 Å². The SMILES string of the molecule is COC(=O)C1CC2(CCC2)C1. The molecule has 0 bridgehead atoms. The van der Waals surface area contributed by atoms with Crippen LogP contribution in [0.1, 0.15) is 32.1 Å². The van der Waals surface area contributed by atoms with Crippen LogP contribution in [0.5, 0.6) is 0 Å². The van der Waals surface area contributed by atoms with Crippen molar-refractivity contribution < 1.29 is 9.53 Å². The van der Waals surface area contributed by atoms with Crippen molar-refractivity contribution in [1.82, 2.24) is 0 Å². The highest BCUT2D eigenvalue weighted by molar-refractivity contribution is 5.73. The number of carbonyl (C=O) groups is 1. The molecule has 0 aromatic carbocycles. The molecule has 2 heteroatoms. The van der Waals surface area contributed by atoms with Crippen LogP contribution in [0.15, 0.2) is 0 Å². The maximum atomic E-state index is 11.0. The molecule has 0 saturated heterocycles. The zero-order valence-electron chi connectivity index (χ0n) is 6.93. The van der Waals surface area contributed by atoms with E-state index in [1.54, 1.807) is 0 Å². The van der Waals surface area contributed by atoms with Gasteiger partial charge in [-0.05, 0) is 31.1 Å². The first kappa shape index (κ1) is 7.14. The lowest BCUT2D eigenvalue weighted by Gasteiger charge is -2.53. The van der Waals surface area contributed by atoms with E-state index in [-0.39, 0.29) is 11.9 Å². The molecule has 0 radical (unpaired) electrons. The molecule has 0 aliphatic heterocycles. The molecular formula is C9H14O2. The van der Waals surface area contributed by atoms with Crippen LogP contribution < -0.4 is 0 Å². The lowest BCUT2D eigenvalue weighted by Crippen LogP contribution is -2.45. The number of hydrogen-bond donors (Lipinski definition) is 0. The van der Waals surface area contributed by atoms with Gasteiger partial charge in [-0.3, -0.25) is 4.79 Å². The van der Waals surface area contributed by atoms with Gasteiger partial charge in [0.15, 0.2) is 0 Å². The maximum absolute atomic E-state index is 11.0. The monoisotopic (exact) mass is 154 g/mol. The van der Waals surface area contributed by atoms with Gasteiger partial charge >= 0.3 is 5.97 Å². The molecule has 0 atom stereocenters. The molecule has 0 unspecified atom stereocenters. The molecule has 2 nitrogen and oxygen atoms in total. The third-order valence-electron chi connectivity index (χ3n) is 3.31. The Morgan fingerprint density at radius 1 is 1.45 bits per heavy atom. The van der Waals surface area contributed by atoms with Gasteiger partial charge in [0.2, 0.25) is 0 Å². The first-order valence-corrected chi connectivity index (χ1v) is 4.34. The number of rotatable bonds is 1. The second-order valence-electron chi connectivity index (χ2n) is 3.98. The second-order valence-corrected chi connectivity index (χ2v) is 3.98. The van der Waals surface area contributed by atoms with Crippen molar-refractivity contribution in [2.75, 3.05) is 7.11 Å². The Morgan fingerprint density at radius 2 is 2.09 bits per heavy atom. The van der Waals surface area contributed by atoms with Crippen molar-refractivity contribution in [3.63, 3.8) is 0 Å². The van der Waals surface area contributed by atoms with Crippen LogP contribution in [-0.2, 0) is 9.53 Å². The fraction of sp³-hybridized carbons (Fsp3) is 0.889. The minimum absolute atomic E-state index is 0.00234. The largest absolute Gasteiger partial charge is 0.469 e. The Labute approximate surface area is 66.9 Å². The summed E-state index contributed by atoms with van der Waals surface area (Å²) >= 11 is 0. The molecule has 2 aliphatic rings. The van der Waals surface area contributed by atoms with Crippen LogP contribution in [0.2, 0.25) is 0 Å². The van der Waals surface area contributed by atoms with Crippen molar-refractivity contribution in [2.24, 2.45) is 11.3 Å². The van der Waals surface area contributed by atoms with E-state index in [1.807, 2.05) is 0 Å². The molecule has 2 rings (SSSR count). The summed E-state index contributed by atoms with van der Waals surface area (Å²) in [5.41, 5.74) is 0.596. The van der Waals surface area contributed by atoms with Crippen molar-refractivity contribution >= 4 is 5.97 Å². The Balaban J connectivity index is 1.83. The third-order valence-corrected chi connectivity index (χ3v) is 3.31. The van der Waals surface area contributed by atoms with E-state index in [2.05, 4.69) is 4.74 Å². The van der Waals surface area contributed by atoms with Crippen molar-refractivity contribution in [3.8, 4) is 0 Å². The van der Waals surface area contributed by atoms with Crippen LogP contribution >= 0.6 is 0 Å². The summed E-state index contributed by atoms with van der Waals surface area (Å²) in [6.07, 6.45) is 6.26. The molecule has 0 heterocycles. The van der Waals surface area contributed by atoms with E-state index >= 15 is 0 Å². The van der Waals surface area contributed by atoms with Gasteiger partial charge in [-0.2, -0.15) is 0 Å². The smallest absolute Gasteiger partial charge is 0.308 e. The van der Waals surface area contributed by atoms with E-state index in [0.717, 1.165) is 12.8 Å². The summed E-state index contributed by atoms with van der Waals surface area (Å²) in [5, 5.41) is 0. The molecule has 0 aromatic rings. The molecular weight excluding hydrogens is 140 g/mol. The molecule has 0 amide bonds. The predicted molar refractivity (Wildman–Crippen MR) is 41.0 cm³/mol. The highest BCUT2D eigenvalue weighted by Gasteiger charge is 2.50.